The third kappa shape index (κ3) is 2.97. The summed E-state index contributed by atoms with van der Waals surface area (Å²) in [7, 11) is 0. The van der Waals surface area contributed by atoms with Gasteiger partial charge in [-0.1, -0.05) is 55.5 Å². The van der Waals surface area contributed by atoms with Gasteiger partial charge in [0, 0.05) is 5.70 Å². The Labute approximate surface area is 157 Å². The Bertz CT molecular complexity index is 1000. The molecule has 138 valence electrons. The Hall–Kier alpha value is -3.15. The second kappa shape index (κ2) is 7.23. The van der Waals surface area contributed by atoms with Crippen LogP contribution in [0.3, 0.4) is 0 Å². The number of rotatable bonds is 4. The molecule has 0 spiro atoms. The molecular weight excluding hydrogens is 340 g/mol. The Balaban J connectivity index is 1.96. The van der Waals surface area contributed by atoms with Crippen LogP contribution in [0.25, 0.3) is 10.8 Å². The van der Waals surface area contributed by atoms with E-state index in [1.165, 1.54) is 6.33 Å². The van der Waals surface area contributed by atoms with Gasteiger partial charge in [0.2, 0.25) is 5.95 Å². The standard InChI is InChI=1S/C21H22N4O2/c1-3-8-17-18(20(26)27-4-2)19(25-21(24-17)22-13-23-25)16-12-7-10-14-9-5-6-11-15(14)16/h5-13,18-19H,3-4H2,1-2H3,(H,22,23,24)/b17-8-/t18-,19+/m0/s1. The second-order valence-corrected chi connectivity index (χ2v) is 6.46. The van der Waals surface area contributed by atoms with Gasteiger partial charge in [-0.15, -0.1) is 0 Å². The fraction of sp³-hybridized carbons (Fsp3) is 0.286. The molecule has 6 nitrogen and oxygen atoms in total. The van der Waals surface area contributed by atoms with Crippen molar-refractivity contribution in [2.75, 3.05) is 11.9 Å². The summed E-state index contributed by atoms with van der Waals surface area (Å²) >= 11 is 0. The van der Waals surface area contributed by atoms with E-state index in [0.717, 1.165) is 28.5 Å². The molecule has 0 fully saturated rings. The van der Waals surface area contributed by atoms with E-state index in [1.54, 1.807) is 4.68 Å². The molecular formula is C21H22N4O2. The molecule has 0 radical (unpaired) electrons. The van der Waals surface area contributed by atoms with Crippen LogP contribution in [0.4, 0.5) is 5.95 Å². The molecule has 0 unspecified atom stereocenters. The van der Waals surface area contributed by atoms with Crippen molar-refractivity contribution in [2.24, 2.45) is 5.92 Å². The summed E-state index contributed by atoms with van der Waals surface area (Å²) in [5.41, 5.74) is 1.84. The van der Waals surface area contributed by atoms with Gasteiger partial charge in [-0.2, -0.15) is 10.1 Å². The average Bonchev–Trinajstić information content (AvgIpc) is 3.15. The van der Waals surface area contributed by atoms with Gasteiger partial charge in [-0.3, -0.25) is 4.79 Å². The van der Waals surface area contributed by atoms with Gasteiger partial charge in [0.15, 0.2) is 0 Å². The SMILES string of the molecule is CC/C=C1\Nc2ncnn2[C@H](c2cccc3ccccc23)[C@H]1C(=O)OCC. The molecule has 2 heterocycles. The summed E-state index contributed by atoms with van der Waals surface area (Å²) in [4.78, 5) is 17.3. The van der Waals surface area contributed by atoms with Crippen LogP contribution in [0.2, 0.25) is 0 Å². The first-order chi connectivity index (χ1) is 13.2. The summed E-state index contributed by atoms with van der Waals surface area (Å²) in [5, 5.41) is 9.90. The van der Waals surface area contributed by atoms with Gasteiger partial charge in [0.25, 0.3) is 0 Å². The van der Waals surface area contributed by atoms with Crippen LogP contribution >= 0.6 is 0 Å². The first-order valence-electron chi connectivity index (χ1n) is 9.25. The van der Waals surface area contributed by atoms with E-state index in [0.29, 0.717) is 12.6 Å². The van der Waals surface area contributed by atoms with Crippen LogP contribution in [-0.4, -0.2) is 27.3 Å². The normalized spacial score (nSPS) is 20.3. The lowest BCUT2D eigenvalue weighted by Crippen LogP contribution is -2.38. The summed E-state index contributed by atoms with van der Waals surface area (Å²) in [6, 6.07) is 14.0. The zero-order valence-electron chi connectivity index (χ0n) is 15.4. The van der Waals surface area contributed by atoms with Gasteiger partial charge in [0.05, 0.1) is 6.61 Å². The zero-order valence-corrected chi connectivity index (χ0v) is 15.4. The molecule has 27 heavy (non-hydrogen) atoms. The van der Waals surface area contributed by atoms with Crippen molar-refractivity contribution in [1.82, 2.24) is 14.8 Å². The van der Waals surface area contributed by atoms with Crippen molar-refractivity contribution in [3.8, 4) is 0 Å². The third-order valence-electron chi connectivity index (χ3n) is 4.85. The number of anilines is 1. The minimum absolute atomic E-state index is 0.260. The second-order valence-electron chi connectivity index (χ2n) is 6.46. The number of carbonyl (C=O) groups is 1. The fourth-order valence-electron chi connectivity index (χ4n) is 3.77. The maximum Gasteiger partial charge on any atom is 0.317 e. The van der Waals surface area contributed by atoms with Gasteiger partial charge in [0.1, 0.15) is 18.3 Å². The largest absolute Gasteiger partial charge is 0.465 e. The number of aromatic nitrogens is 3. The molecule has 3 aromatic rings. The summed E-state index contributed by atoms with van der Waals surface area (Å²) in [5.74, 6) is -0.137. The maximum absolute atomic E-state index is 13.0. The zero-order chi connectivity index (χ0) is 18.8. The predicted molar refractivity (Wildman–Crippen MR) is 104 cm³/mol. The van der Waals surface area contributed by atoms with E-state index in [-0.39, 0.29) is 12.0 Å². The Kier molecular flexibility index (Phi) is 4.62. The highest BCUT2D eigenvalue weighted by Gasteiger charge is 2.41. The molecule has 0 saturated heterocycles. The fourth-order valence-corrected chi connectivity index (χ4v) is 3.77. The van der Waals surface area contributed by atoms with Crippen LogP contribution in [0.15, 0.2) is 60.6 Å². The van der Waals surface area contributed by atoms with Crippen molar-refractivity contribution in [3.63, 3.8) is 0 Å². The highest BCUT2D eigenvalue weighted by molar-refractivity contribution is 5.88. The van der Waals surface area contributed by atoms with E-state index in [2.05, 4.69) is 39.7 Å². The van der Waals surface area contributed by atoms with Crippen molar-refractivity contribution in [3.05, 3.63) is 66.1 Å². The lowest BCUT2D eigenvalue weighted by atomic mass is 9.86. The first kappa shape index (κ1) is 17.3. The molecule has 0 aliphatic carbocycles. The molecule has 0 bridgehead atoms. The number of nitrogens with zero attached hydrogens (tertiary/aromatic N) is 3. The van der Waals surface area contributed by atoms with Gasteiger partial charge >= 0.3 is 5.97 Å². The average molecular weight is 362 g/mol. The van der Waals surface area contributed by atoms with Gasteiger partial charge in [-0.25, -0.2) is 4.68 Å². The number of hydrogen-bond donors (Lipinski definition) is 1. The lowest BCUT2D eigenvalue weighted by molar-refractivity contribution is -0.147. The van der Waals surface area contributed by atoms with Crippen molar-refractivity contribution in [2.45, 2.75) is 26.3 Å². The van der Waals surface area contributed by atoms with Crippen LogP contribution in [0, 0.1) is 5.92 Å². The minimum atomic E-state index is -0.509. The molecule has 1 aliphatic heterocycles. The quantitative estimate of drug-likeness (QED) is 0.713. The van der Waals surface area contributed by atoms with Crippen LogP contribution in [0.1, 0.15) is 31.9 Å². The Morgan fingerprint density at radius 1 is 1.22 bits per heavy atom. The lowest BCUT2D eigenvalue weighted by Gasteiger charge is -2.34. The Morgan fingerprint density at radius 3 is 2.85 bits per heavy atom. The number of carbonyl (C=O) groups excluding carboxylic acids is 1. The molecule has 1 aromatic heterocycles. The molecule has 1 N–H and O–H groups in total. The van der Waals surface area contributed by atoms with Gasteiger partial charge < -0.3 is 10.1 Å². The maximum atomic E-state index is 13.0. The van der Waals surface area contributed by atoms with Crippen LogP contribution < -0.4 is 5.32 Å². The number of nitrogens with one attached hydrogen (secondary N) is 1. The number of esters is 1. The molecule has 4 rings (SSSR count). The van der Waals surface area contributed by atoms with Gasteiger partial charge in [-0.05, 0) is 29.7 Å². The van der Waals surface area contributed by atoms with E-state index >= 15 is 0 Å². The number of ether oxygens (including phenoxy) is 1. The van der Waals surface area contributed by atoms with Crippen molar-refractivity contribution >= 4 is 22.7 Å². The monoisotopic (exact) mass is 362 g/mol. The number of hydrogen-bond acceptors (Lipinski definition) is 5. The van der Waals surface area contributed by atoms with Crippen LogP contribution in [0.5, 0.6) is 0 Å². The van der Waals surface area contributed by atoms with E-state index in [1.807, 2.05) is 38.1 Å². The van der Waals surface area contributed by atoms with Crippen LogP contribution in [-0.2, 0) is 9.53 Å². The molecule has 6 heteroatoms. The summed E-state index contributed by atoms with van der Waals surface area (Å²) < 4.78 is 7.22. The number of benzene rings is 2. The van der Waals surface area contributed by atoms with Crippen molar-refractivity contribution in [1.29, 1.82) is 0 Å². The van der Waals surface area contributed by atoms with E-state index in [9.17, 15) is 4.79 Å². The topological polar surface area (TPSA) is 69.0 Å². The third-order valence-corrected chi connectivity index (χ3v) is 4.85. The minimum Gasteiger partial charge on any atom is -0.465 e. The smallest absolute Gasteiger partial charge is 0.317 e. The first-order valence-corrected chi connectivity index (χ1v) is 9.25. The van der Waals surface area contributed by atoms with E-state index in [4.69, 9.17) is 4.74 Å². The predicted octanol–water partition coefficient (Wildman–Crippen LogP) is 3.92. The highest BCUT2D eigenvalue weighted by atomic mass is 16.5. The molecule has 0 saturated carbocycles. The van der Waals surface area contributed by atoms with Crippen molar-refractivity contribution < 1.29 is 9.53 Å². The van der Waals surface area contributed by atoms with E-state index < -0.39 is 5.92 Å². The Morgan fingerprint density at radius 2 is 2.04 bits per heavy atom. The number of fused-ring (bicyclic) bond motifs is 2. The molecule has 2 atom stereocenters. The summed E-state index contributed by atoms with van der Waals surface area (Å²) in [6.07, 6.45) is 4.34. The molecule has 2 aromatic carbocycles. The highest BCUT2D eigenvalue weighted by Crippen LogP contribution is 2.40. The molecule has 1 aliphatic rings. The molecule has 0 amide bonds. The number of allylic oxidation sites excluding steroid dienone is 1. The summed E-state index contributed by atoms with van der Waals surface area (Å²) in [6.45, 7) is 4.20.